The molecule has 1 aromatic heterocycles. The molecule has 0 radical (unpaired) electrons. The Morgan fingerprint density at radius 2 is 2.25 bits per heavy atom. The highest BCUT2D eigenvalue weighted by atomic mass is 79.9. The van der Waals surface area contributed by atoms with Gasteiger partial charge in [-0.15, -0.1) is 0 Å². The van der Waals surface area contributed by atoms with Gasteiger partial charge in [0.25, 0.3) is 0 Å². The summed E-state index contributed by atoms with van der Waals surface area (Å²) >= 11 is 9.01. The van der Waals surface area contributed by atoms with E-state index >= 15 is 0 Å². The van der Waals surface area contributed by atoms with Crippen LogP contribution in [0.4, 0.5) is 5.82 Å². The number of halogens is 2. The van der Waals surface area contributed by atoms with Crippen LogP contribution in [0.3, 0.4) is 0 Å². The van der Waals surface area contributed by atoms with Gasteiger partial charge < -0.3 is 5.32 Å². The lowest BCUT2D eigenvalue weighted by molar-refractivity contribution is 0.595. The van der Waals surface area contributed by atoms with Gasteiger partial charge in [0.05, 0.1) is 15.2 Å². The first-order valence-corrected chi connectivity index (χ1v) is 7.32. The Morgan fingerprint density at radius 1 is 1.56 bits per heavy atom. The molecule has 0 amide bonds. The number of nitrogens with zero attached hydrogens (tertiary/aromatic N) is 1. The second-order valence-electron chi connectivity index (χ2n) is 3.13. The minimum Gasteiger partial charge on any atom is -0.369 e. The lowest BCUT2D eigenvalue weighted by Crippen LogP contribution is -2.18. The van der Waals surface area contributed by atoms with E-state index in [1.165, 1.54) is 6.20 Å². The molecule has 0 aromatic carbocycles. The van der Waals surface area contributed by atoms with Crippen LogP contribution in [0, 0.1) is 0 Å². The van der Waals surface area contributed by atoms with Gasteiger partial charge in [0.15, 0.2) is 0 Å². The van der Waals surface area contributed by atoms with Crippen LogP contribution in [0.15, 0.2) is 16.7 Å². The number of hydrogen-bond donors (Lipinski definition) is 2. The predicted octanol–water partition coefficient (Wildman–Crippen LogP) is 1.59. The van der Waals surface area contributed by atoms with Gasteiger partial charge in [0, 0.05) is 12.7 Å². The Kier molecular flexibility index (Phi) is 4.97. The fraction of sp³-hybridized carbons (Fsp3) is 0.375. The molecule has 0 spiro atoms. The first-order valence-electron chi connectivity index (χ1n) is 4.44. The highest BCUT2D eigenvalue weighted by Gasteiger charge is 2.04. The first-order chi connectivity index (χ1) is 7.38. The summed E-state index contributed by atoms with van der Waals surface area (Å²) in [4.78, 5) is 4.04. The van der Waals surface area contributed by atoms with Crippen molar-refractivity contribution in [3.63, 3.8) is 0 Å². The van der Waals surface area contributed by atoms with Gasteiger partial charge in [-0.3, -0.25) is 0 Å². The van der Waals surface area contributed by atoms with Crippen molar-refractivity contribution in [1.29, 1.82) is 0 Å². The lowest BCUT2D eigenvalue weighted by Gasteiger charge is -2.06. The third kappa shape index (κ3) is 5.11. The van der Waals surface area contributed by atoms with E-state index in [0.29, 0.717) is 23.8 Å². The Labute approximate surface area is 108 Å². The molecule has 0 atom stereocenters. The zero-order valence-corrected chi connectivity index (χ0v) is 11.4. The van der Waals surface area contributed by atoms with E-state index in [0.717, 1.165) is 4.47 Å². The molecule has 0 fully saturated rings. The average molecular weight is 329 g/mol. The predicted molar refractivity (Wildman–Crippen MR) is 68.0 cm³/mol. The molecule has 3 N–H and O–H groups in total. The summed E-state index contributed by atoms with van der Waals surface area (Å²) in [5, 5.41) is 8.37. The third-order valence-electron chi connectivity index (χ3n) is 1.71. The number of nitrogens with one attached hydrogen (secondary N) is 1. The van der Waals surface area contributed by atoms with Gasteiger partial charge >= 0.3 is 0 Å². The number of pyridine rings is 1. The summed E-state index contributed by atoms with van der Waals surface area (Å²) in [6.07, 6.45) is 1.93. The van der Waals surface area contributed by atoms with Gasteiger partial charge in [-0.1, -0.05) is 11.6 Å². The quantitative estimate of drug-likeness (QED) is 0.804. The standard InChI is InChI=1S/C8H11BrClN3O2S/c9-7-4-6(10)5-13-8(7)12-2-1-3-16(11,14)15/h4-5H,1-3H2,(H,12,13)(H2,11,14,15). The number of aromatic nitrogens is 1. The van der Waals surface area contributed by atoms with Gasteiger partial charge in [0.1, 0.15) is 5.82 Å². The zero-order chi connectivity index (χ0) is 12.2. The van der Waals surface area contributed by atoms with Crippen molar-refractivity contribution in [2.24, 2.45) is 5.14 Å². The molecular formula is C8H11BrClN3O2S. The summed E-state index contributed by atoms with van der Waals surface area (Å²) in [6, 6.07) is 1.70. The topological polar surface area (TPSA) is 85.1 Å². The summed E-state index contributed by atoms with van der Waals surface area (Å²) < 4.78 is 22.1. The highest BCUT2D eigenvalue weighted by molar-refractivity contribution is 9.10. The summed E-state index contributed by atoms with van der Waals surface area (Å²) in [5.41, 5.74) is 0. The Balaban J connectivity index is 2.43. The van der Waals surface area contributed by atoms with Crippen molar-refractivity contribution in [2.75, 3.05) is 17.6 Å². The molecule has 90 valence electrons. The summed E-state index contributed by atoms with van der Waals surface area (Å²) in [5.74, 6) is 0.574. The molecule has 0 unspecified atom stereocenters. The van der Waals surface area contributed by atoms with Crippen molar-refractivity contribution in [3.8, 4) is 0 Å². The van der Waals surface area contributed by atoms with Gasteiger partial charge in [-0.2, -0.15) is 0 Å². The third-order valence-corrected chi connectivity index (χ3v) is 3.37. The van der Waals surface area contributed by atoms with Crippen LogP contribution in [-0.4, -0.2) is 25.7 Å². The Hall–Kier alpha value is -0.370. The van der Waals surface area contributed by atoms with Crippen molar-refractivity contribution in [3.05, 3.63) is 21.8 Å². The molecule has 0 aliphatic rings. The molecule has 1 aromatic rings. The van der Waals surface area contributed by atoms with E-state index in [4.69, 9.17) is 16.7 Å². The van der Waals surface area contributed by atoms with Crippen LogP contribution in [-0.2, 0) is 10.0 Å². The van der Waals surface area contributed by atoms with Gasteiger partial charge in [0.2, 0.25) is 10.0 Å². The average Bonchev–Trinajstić information content (AvgIpc) is 2.13. The second-order valence-corrected chi connectivity index (χ2v) is 6.16. The van der Waals surface area contributed by atoms with E-state index in [1.54, 1.807) is 6.07 Å². The number of anilines is 1. The maximum absolute atomic E-state index is 10.7. The van der Waals surface area contributed by atoms with Crippen molar-refractivity contribution < 1.29 is 8.42 Å². The number of sulfonamides is 1. The van der Waals surface area contributed by atoms with E-state index in [2.05, 4.69) is 26.2 Å². The van der Waals surface area contributed by atoms with Crippen molar-refractivity contribution in [1.82, 2.24) is 4.98 Å². The molecule has 16 heavy (non-hydrogen) atoms. The van der Waals surface area contributed by atoms with Crippen molar-refractivity contribution in [2.45, 2.75) is 6.42 Å². The van der Waals surface area contributed by atoms with E-state index < -0.39 is 10.0 Å². The summed E-state index contributed by atoms with van der Waals surface area (Å²) in [7, 11) is -3.39. The molecule has 1 heterocycles. The Morgan fingerprint density at radius 3 is 2.81 bits per heavy atom. The van der Waals surface area contributed by atoms with Gasteiger partial charge in [-0.05, 0) is 28.4 Å². The van der Waals surface area contributed by atoms with Crippen molar-refractivity contribution >= 4 is 43.4 Å². The number of rotatable bonds is 5. The number of nitrogens with two attached hydrogens (primary N) is 1. The maximum atomic E-state index is 10.7. The van der Waals surface area contributed by atoms with E-state index in [-0.39, 0.29) is 5.75 Å². The maximum Gasteiger partial charge on any atom is 0.209 e. The van der Waals surface area contributed by atoms with Crippen LogP contribution in [0.25, 0.3) is 0 Å². The molecule has 0 bridgehead atoms. The lowest BCUT2D eigenvalue weighted by atomic mass is 10.4. The van der Waals surface area contributed by atoms with Crippen LogP contribution in [0.2, 0.25) is 5.02 Å². The van der Waals surface area contributed by atoms with Gasteiger partial charge in [-0.25, -0.2) is 18.5 Å². The smallest absolute Gasteiger partial charge is 0.209 e. The zero-order valence-electron chi connectivity index (χ0n) is 8.28. The molecule has 8 heteroatoms. The first kappa shape index (κ1) is 13.7. The molecule has 5 nitrogen and oxygen atoms in total. The second kappa shape index (κ2) is 5.81. The monoisotopic (exact) mass is 327 g/mol. The fourth-order valence-corrected chi connectivity index (χ4v) is 2.35. The molecule has 0 saturated carbocycles. The molecule has 0 aliphatic carbocycles. The SMILES string of the molecule is NS(=O)(=O)CCCNc1ncc(Cl)cc1Br. The molecule has 1 rings (SSSR count). The number of primary sulfonamides is 1. The molecular weight excluding hydrogens is 318 g/mol. The highest BCUT2D eigenvalue weighted by Crippen LogP contribution is 2.22. The van der Waals surface area contributed by atoms with E-state index in [1.807, 2.05) is 0 Å². The fourth-order valence-electron chi connectivity index (χ4n) is 1.02. The Bertz CT molecular complexity index is 466. The normalized spacial score (nSPS) is 11.4. The minimum atomic E-state index is -3.39. The minimum absolute atomic E-state index is 0.0504. The van der Waals surface area contributed by atoms with Crippen LogP contribution in [0.5, 0.6) is 0 Å². The molecule has 0 saturated heterocycles. The van der Waals surface area contributed by atoms with Crippen LogP contribution in [0.1, 0.15) is 6.42 Å². The molecule has 0 aliphatic heterocycles. The summed E-state index contributed by atoms with van der Waals surface area (Å²) in [6.45, 7) is 0.476. The van der Waals surface area contributed by atoms with Crippen LogP contribution >= 0.6 is 27.5 Å². The largest absolute Gasteiger partial charge is 0.369 e. The van der Waals surface area contributed by atoms with E-state index in [9.17, 15) is 8.42 Å². The van der Waals surface area contributed by atoms with Crippen LogP contribution < -0.4 is 10.5 Å². The number of hydrogen-bond acceptors (Lipinski definition) is 4.